The summed E-state index contributed by atoms with van der Waals surface area (Å²) in [6, 6.07) is 9.75. The van der Waals surface area contributed by atoms with Crippen molar-refractivity contribution in [1.29, 1.82) is 0 Å². The molecule has 3 nitrogen and oxygen atoms in total. The van der Waals surface area contributed by atoms with Crippen molar-refractivity contribution < 1.29 is 9.53 Å². The van der Waals surface area contributed by atoms with E-state index in [2.05, 4.69) is 6.92 Å². The molecular formula is C16H25NO2. The third-order valence-corrected chi connectivity index (χ3v) is 3.71. The quantitative estimate of drug-likeness (QED) is 0.579. The number of carbonyl (C=O) groups excluding carboxylic acids is 1. The highest BCUT2D eigenvalue weighted by Crippen LogP contribution is 2.31. The van der Waals surface area contributed by atoms with Gasteiger partial charge < -0.3 is 10.5 Å². The van der Waals surface area contributed by atoms with E-state index in [-0.39, 0.29) is 12.5 Å². The number of hydrogen-bond acceptors (Lipinski definition) is 3. The summed E-state index contributed by atoms with van der Waals surface area (Å²) in [7, 11) is 1.43. The lowest BCUT2D eigenvalue weighted by atomic mass is 9.76. The van der Waals surface area contributed by atoms with Crippen molar-refractivity contribution in [1.82, 2.24) is 0 Å². The Hall–Kier alpha value is -1.35. The maximum atomic E-state index is 12.2. The molecule has 1 aromatic carbocycles. The van der Waals surface area contributed by atoms with Crippen LogP contribution in [0.5, 0.6) is 0 Å². The van der Waals surface area contributed by atoms with E-state index >= 15 is 0 Å². The fraction of sp³-hybridized carbons (Fsp3) is 0.562. The summed E-state index contributed by atoms with van der Waals surface area (Å²) in [5.74, 6) is -0.224. The van der Waals surface area contributed by atoms with Gasteiger partial charge in [-0.1, -0.05) is 62.9 Å². The van der Waals surface area contributed by atoms with E-state index in [1.807, 2.05) is 30.3 Å². The molecular weight excluding hydrogens is 238 g/mol. The van der Waals surface area contributed by atoms with E-state index in [9.17, 15) is 4.79 Å². The second-order valence-corrected chi connectivity index (χ2v) is 4.95. The van der Waals surface area contributed by atoms with Crippen LogP contribution in [0.25, 0.3) is 0 Å². The zero-order valence-corrected chi connectivity index (χ0v) is 12.0. The summed E-state index contributed by atoms with van der Waals surface area (Å²) in [6.45, 7) is 2.46. The number of ether oxygens (including phenoxy) is 1. The van der Waals surface area contributed by atoms with Crippen LogP contribution in [0, 0.1) is 0 Å². The number of methoxy groups -OCH3 is 1. The van der Waals surface area contributed by atoms with Gasteiger partial charge >= 0.3 is 5.97 Å². The van der Waals surface area contributed by atoms with Gasteiger partial charge in [0.1, 0.15) is 5.41 Å². The van der Waals surface area contributed by atoms with Crippen molar-refractivity contribution in [3.8, 4) is 0 Å². The maximum absolute atomic E-state index is 12.2. The van der Waals surface area contributed by atoms with Gasteiger partial charge in [0.15, 0.2) is 0 Å². The fourth-order valence-electron chi connectivity index (χ4n) is 2.47. The zero-order chi connectivity index (χ0) is 14.1. The van der Waals surface area contributed by atoms with Crippen LogP contribution in [0.2, 0.25) is 0 Å². The van der Waals surface area contributed by atoms with Gasteiger partial charge in [-0.05, 0) is 12.0 Å². The van der Waals surface area contributed by atoms with Crippen LogP contribution in [0.3, 0.4) is 0 Å². The van der Waals surface area contributed by atoms with Crippen LogP contribution in [0.1, 0.15) is 44.6 Å². The maximum Gasteiger partial charge on any atom is 0.317 e. The van der Waals surface area contributed by atoms with Gasteiger partial charge in [-0.3, -0.25) is 4.79 Å². The van der Waals surface area contributed by atoms with Crippen LogP contribution >= 0.6 is 0 Å². The Morgan fingerprint density at radius 2 is 1.89 bits per heavy atom. The second-order valence-electron chi connectivity index (χ2n) is 4.95. The molecule has 19 heavy (non-hydrogen) atoms. The van der Waals surface area contributed by atoms with Gasteiger partial charge in [0, 0.05) is 6.54 Å². The molecule has 0 aliphatic rings. The van der Waals surface area contributed by atoms with E-state index in [4.69, 9.17) is 10.5 Å². The molecule has 1 atom stereocenters. The third-order valence-electron chi connectivity index (χ3n) is 3.71. The van der Waals surface area contributed by atoms with Crippen molar-refractivity contribution in [3.63, 3.8) is 0 Å². The monoisotopic (exact) mass is 263 g/mol. The van der Waals surface area contributed by atoms with Crippen molar-refractivity contribution >= 4 is 5.97 Å². The molecule has 1 unspecified atom stereocenters. The van der Waals surface area contributed by atoms with Crippen LogP contribution in [-0.4, -0.2) is 19.6 Å². The number of benzene rings is 1. The van der Waals surface area contributed by atoms with Crippen molar-refractivity contribution in [2.24, 2.45) is 5.73 Å². The van der Waals surface area contributed by atoms with Gasteiger partial charge in [-0.15, -0.1) is 0 Å². The van der Waals surface area contributed by atoms with Crippen LogP contribution in [-0.2, 0) is 14.9 Å². The number of rotatable bonds is 8. The van der Waals surface area contributed by atoms with Crippen LogP contribution in [0.15, 0.2) is 30.3 Å². The normalized spacial score (nSPS) is 13.8. The molecule has 0 radical (unpaired) electrons. The first kappa shape index (κ1) is 15.7. The minimum Gasteiger partial charge on any atom is -0.468 e. The third kappa shape index (κ3) is 3.80. The first-order valence-electron chi connectivity index (χ1n) is 7.05. The van der Waals surface area contributed by atoms with Gasteiger partial charge in [0.25, 0.3) is 0 Å². The lowest BCUT2D eigenvalue weighted by Crippen LogP contribution is -2.43. The molecule has 0 aliphatic heterocycles. The van der Waals surface area contributed by atoms with Gasteiger partial charge in [-0.25, -0.2) is 0 Å². The smallest absolute Gasteiger partial charge is 0.317 e. The van der Waals surface area contributed by atoms with Crippen molar-refractivity contribution in [3.05, 3.63) is 35.9 Å². The largest absolute Gasteiger partial charge is 0.468 e. The Morgan fingerprint density at radius 1 is 1.21 bits per heavy atom. The molecule has 0 saturated carbocycles. The molecule has 0 aliphatic carbocycles. The van der Waals surface area contributed by atoms with E-state index < -0.39 is 5.41 Å². The highest BCUT2D eigenvalue weighted by Gasteiger charge is 2.39. The molecule has 1 aromatic rings. The molecule has 1 rings (SSSR count). The molecule has 0 aromatic heterocycles. The molecule has 0 heterocycles. The summed E-state index contributed by atoms with van der Waals surface area (Å²) in [6.07, 6.45) is 5.24. The van der Waals surface area contributed by atoms with Crippen molar-refractivity contribution in [2.75, 3.05) is 13.7 Å². The SMILES string of the molecule is CCCCCCC(CN)(C(=O)OC)c1ccccc1. The van der Waals surface area contributed by atoms with Gasteiger partial charge in [0.2, 0.25) is 0 Å². The lowest BCUT2D eigenvalue weighted by Gasteiger charge is -2.30. The zero-order valence-electron chi connectivity index (χ0n) is 12.0. The van der Waals surface area contributed by atoms with Gasteiger partial charge in [0.05, 0.1) is 7.11 Å². The van der Waals surface area contributed by atoms with Crippen molar-refractivity contribution in [2.45, 2.75) is 44.4 Å². The summed E-state index contributed by atoms with van der Waals surface area (Å²) < 4.78 is 5.00. The molecule has 3 heteroatoms. The second kappa shape index (κ2) is 7.95. The Balaban J connectivity index is 2.92. The molecule has 2 N–H and O–H groups in total. The Kier molecular flexibility index (Phi) is 6.57. The standard InChI is InChI=1S/C16H25NO2/c1-3-4-5-9-12-16(13-17,15(18)19-2)14-10-7-6-8-11-14/h6-8,10-11H,3-5,9,12-13,17H2,1-2H3. The highest BCUT2D eigenvalue weighted by molar-refractivity contribution is 5.83. The van der Waals surface area contributed by atoms with E-state index in [1.165, 1.54) is 20.0 Å². The Bertz CT molecular complexity index is 378. The molecule has 106 valence electrons. The Morgan fingerprint density at radius 3 is 2.42 bits per heavy atom. The molecule has 0 bridgehead atoms. The predicted molar refractivity (Wildman–Crippen MR) is 77.9 cm³/mol. The fourth-order valence-corrected chi connectivity index (χ4v) is 2.47. The van der Waals surface area contributed by atoms with Gasteiger partial charge in [-0.2, -0.15) is 0 Å². The molecule has 0 saturated heterocycles. The minimum atomic E-state index is -0.691. The molecule has 0 spiro atoms. The summed E-state index contributed by atoms with van der Waals surface area (Å²) >= 11 is 0. The van der Waals surface area contributed by atoms with Crippen LogP contribution in [0.4, 0.5) is 0 Å². The number of carbonyl (C=O) groups is 1. The number of unbranched alkanes of at least 4 members (excludes halogenated alkanes) is 3. The Labute approximate surface area is 116 Å². The summed E-state index contributed by atoms with van der Waals surface area (Å²) in [5.41, 5.74) is 6.20. The number of hydrogen-bond donors (Lipinski definition) is 1. The highest BCUT2D eigenvalue weighted by atomic mass is 16.5. The van der Waals surface area contributed by atoms with E-state index in [0.29, 0.717) is 0 Å². The molecule has 0 amide bonds. The minimum absolute atomic E-state index is 0.224. The predicted octanol–water partition coefficient (Wildman–Crippen LogP) is 3.03. The van der Waals surface area contributed by atoms with Crippen LogP contribution < -0.4 is 5.73 Å². The van der Waals surface area contributed by atoms with E-state index in [0.717, 1.165) is 24.8 Å². The van der Waals surface area contributed by atoms with E-state index in [1.54, 1.807) is 0 Å². The number of nitrogens with two attached hydrogens (primary N) is 1. The first-order valence-corrected chi connectivity index (χ1v) is 7.05. The average Bonchev–Trinajstić information content (AvgIpc) is 2.48. The first-order chi connectivity index (χ1) is 9.21. The molecule has 0 fully saturated rings. The topological polar surface area (TPSA) is 52.3 Å². The summed E-state index contributed by atoms with van der Waals surface area (Å²) in [5, 5.41) is 0. The lowest BCUT2D eigenvalue weighted by molar-refractivity contribution is -0.147. The number of esters is 1. The summed E-state index contributed by atoms with van der Waals surface area (Å²) in [4.78, 5) is 12.2. The average molecular weight is 263 g/mol.